The summed E-state index contributed by atoms with van der Waals surface area (Å²) in [5.41, 5.74) is 6.33. The summed E-state index contributed by atoms with van der Waals surface area (Å²) >= 11 is 0. The molecule has 214 valence electrons. The lowest BCUT2D eigenvalue weighted by Gasteiger charge is -2.32. The van der Waals surface area contributed by atoms with Crippen molar-refractivity contribution >= 4 is 16.6 Å². The monoisotopic (exact) mass is 550 g/mol. The van der Waals surface area contributed by atoms with Crippen LogP contribution in [0, 0.1) is 0 Å². The van der Waals surface area contributed by atoms with Crippen LogP contribution in [0.25, 0.3) is 22.0 Å². The smallest absolute Gasteiger partial charge is 0.416 e. The molecule has 4 rings (SSSR count). The predicted octanol–water partition coefficient (Wildman–Crippen LogP) is 9.79. The Morgan fingerprint density at radius 1 is 0.825 bits per heavy atom. The first-order valence-corrected chi connectivity index (χ1v) is 14.4. The minimum absolute atomic E-state index is 0.196. The summed E-state index contributed by atoms with van der Waals surface area (Å²) in [4.78, 5) is 6.03. The Bertz CT molecular complexity index is 1380. The first-order chi connectivity index (χ1) is 19.2. The molecule has 0 aliphatic rings. The lowest BCUT2D eigenvalue weighted by Crippen LogP contribution is -2.26. The van der Waals surface area contributed by atoms with Gasteiger partial charge in [0.15, 0.2) is 0 Å². The zero-order valence-electron chi connectivity index (χ0n) is 24.3. The van der Waals surface area contributed by atoms with Crippen LogP contribution in [0.5, 0.6) is 5.75 Å². The summed E-state index contributed by atoms with van der Waals surface area (Å²) in [5, 5.41) is 1.32. The van der Waals surface area contributed by atoms with E-state index in [1.54, 1.807) is 0 Å². The molecule has 0 saturated carbocycles. The Balaban J connectivity index is 1.41. The van der Waals surface area contributed by atoms with Crippen molar-refractivity contribution in [2.75, 3.05) is 25.1 Å². The Hall–Kier alpha value is -3.41. The van der Waals surface area contributed by atoms with E-state index in [0.29, 0.717) is 13.2 Å². The van der Waals surface area contributed by atoms with E-state index in [0.717, 1.165) is 54.0 Å². The van der Waals surface area contributed by atoms with E-state index < -0.39 is 11.7 Å². The van der Waals surface area contributed by atoms with Crippen molar-refractivity contribution in [3.8, 4) is 16.9 Å². The molecule has 0 atom stereocenters. The molecule has 0 unspecified atom stereocenters. The second kappa shape index (κ2) is 12.4. The number of hydrogen-bond acceptors (Lipinski definition) is 2. The van der Waals surface area contributed by atoms with Crippen molar-refractivity contribution in [3.63, 3.8) is 0 Å². The van der Waals surface area contributed by atoms with E-state index in [1.807, 2.05) is 24.3 Å². The van der Waals surface area contributed by atoms with Crippen LogP contribution in [0.1, 0.15) is 70.2 Å². The van der Waals surface area contributed by atoms with Gasteiger partial charge in [0.2, 0.25) is 0 Å². The molecule has 0 aliphatic heterocycles. The van der Waals surface area contributed by atoms with Crippen LogP contribution < -0.4 is 9.64 Å². The normalized spacial score (nSPS) is 12.2. The minimum Gasteiger partial charge on any atom is -0.492 e. The Morgan fingerprint density at radius 3 is 2.00 bits per heavy atom. The molecule has 0 saturated heterocycles. The van der Waals surface area contributed by atoms with Gasteiger partial charge < -0.3 is 14.6 Å². The lowest BCUT2D eigenvalue weighted by molar-refractivity contribution is -0.137. The number of alkyl halides is 3. The molecule has 0 radical (unpaired) electrons. The van der Waals surface area contributed by atoms with E-state index in [4.69, 9.17) is 4.74 Å². The molecule has 0 amide bonds. The number of aryl methyl sites for hydroxylation is 1. The van der Waals surface area contributed by atoms with Gasteiger partial charge in [-0.15, -0.1) is 0 Å². The van der Waals surface area contributed by atoms with E-state index >= 15 is 0 Å². The van der Waals surface area contributed by atoms with Crippen LogP contribution in [0.4, 0.5) is 18.9 Å². The number of H-pyrrole nitrogens is 1. The van der Waals surface area contributed by atoms with E-state index in [1.165, 1.54) is 47.1 Å². The van der Waals surface area contributed by atoms with Crippen molar-refractivity contribution < 1.29 is 17.9 Å². The van der Waals surface area contributed by atoms with Gasteiger partial charge in [0, 0.05) is 34.7 Å². The third-order valence-corrected chi connectivity index (χ3v) is 8.39. The van der Waals surface area contributed by atoms with Crippen LogP contribution in [0.3, 0.4) is 0 Å². The summed E-state index contributed by atoms with van der Waals surface area (Å²) in [6.07, 6.45) is 1.31. The molecule has 6 heteroatoms. The van der Waals surface area contributed by atoms with Gasteiger partial charge in [0.1, 0.15) is 12.4 Å². The molecular formula is C34H41F3N2O. The highest BCUT2D eigenvalue weighted by Gasteiger charge is 2.32. The number of aromatic nitrogens is 1. The molecule has 0 spiro atoms. The average molecular weight is 551 g/mol. The van der Waals surface area contributed by atoms with Gasteiger partial charge in [-0.2, -0.15) is 13.2 Å². The molecule has 4 aromatic rings. The van der Waals surface area contributed by atoms with Crippen LogP contribution in [0.15, 0.2) is 66.7 Å². The molecule has 3 nitrogen and oxygen atoms in total. The lowest BCUT2D eigenvalue weighted by atomic mass is 9.74. The minimum atomic E-state index is -4.33. The van der Waals surface area contributed by atoms with Crippen molar-refractivity contribution in [1.82, 2.24) is 4.98 Å². The quantitative estimate of drug-likeness (QED) is 0.190. The number of likely N-dealkylation sites (N-methyl/N-ethyl adjacent to an activating group) is 1. The van der Waals surface area contributed by atoms with Crippen LogP contribution in [-0.4, -0.2) is 25.2 Å². The summed E-state index contributed by atoms with van der Waals surface area (Å²) in [6, 6.07) is 19.4. The Kier molecular flexibility index (Phi) is 9.17. The first kappa shape index (κ1) is 29.6. The largest absolute Gasteiger partial charge is 0.492 e. The molecular weight excluding hydrogens is 509 g/mol. The summed E-state index contributed by atoms with van der Waals surface area (Å²) < 4.78 is 44.5. The number of nitrogens with zero attached hydrogens (tertiary/aromatic N) is 1. The molecule has 0 aliphatic carbocycles. The van der Waals surface area contributed by atoms with E-state index in [9.17, 15) is 13.2 Å². The first-order valence-electron chi connectivity index (χ1n) is 14.4. The summed E-state index contributed by atoms with van der Waals surface area (Å²) in [7, 11) is 2.07. The second-order valence-corrected chi connectivity index (χ2v) is 10.7. The topological polar surface area (TPSA) is 28.3 Å². The van der Waals surface area contributed by atoms with Crippen molar-refractivity contribution in [1.29, 1.82) is 0 Å². The molecule has 3 aromatic carbocycles. The summed E-state index contributed by atoms with van der Waals surface area (Å²) in [5.74, 6) is 0.729. The molecule has 1 N–H and O–H groups in total. The maximum absolute atomic E-state index is 12.8. The number of aromatic amines is 1. The third-order valence-electron chi connectivity index (χ3n) is 8.39. The van der Waals surface area contributed by atoms with Gasteiger partial charge in [0.05, 0.1) is 12.1 Å². The predicted molar refractivity (Wildman–Crippen MR) is 160 cm³/mol. The molecule has 40 heavy (non-hydrogen) atoms. The number of anilines is 1. The standard InChI is InChI=1S/C34H41F3N2O/c1-6-20-33(8-3,9-4)32-29(7-2)30-19-16-27(23-31(30)38-32)39(5)21-22-40-28-17-12-25(13-18-28)24-10-14-26(15-11-24)34(35,36)37/h10-19,23,38H,6-9,20-22H2,1-5H3. The molecule has 0 bridgehead atoms. The van der Waals surface area contributed by atoms with Crippen LogP contribution >= 0.6 is 0 Å². The maximum Gasteiger partial charge on any atom is 0.416 e. The van der Waals surface area contributed by atoms with Crippen LogP contribution in [0.2, 0.25) is 0 Å². The van der Waals surface area contributed by atoms with Crippen molar-refractivity contribution in [2.45, 2.75) is 71.4 Å². The van der Waals surface area contributed by atoms with Crippen molar-refractivity contribution in [2.24, 2.45) is 0 Å². The SMILES string of the molecule is CCCC(CC)(CC)c1[nH]c2cc(N(C)CCOc3ccc(-c4ccc(C(F)(F)F)cc4)cc3)ccc2c1CC. The van der Waals surface area contributed by atoms with Gasteiger partial charge in [-0.05, 0) is 78.8 Å². The molecule has 0 fully saturated rings. The Morgan fingerprint density at radius 2 is 1.45 bits per heavy atom. The van der Waals surface area contributed by atoms with E-state index in [2.05, 4.69) is 62.8 Å². The fraction of sp³-hybridized carbons (Fsp3) is 0.412. The number of fused-ring (bicyclic) bond motifs is 1. The van der Waals surface area contributed by atoms with Crippen molar-refractivity contribution in [3.05, 3.63) is 83.6 Å². The fourth-order valence-corrected chi connectivity index (χ4v) is 5.89. The van der Waals surface area contributed by atoms with Gasteiger partial charge in [-0.3, -0.25) is 0 Å². The van der Waals surface area contributed by atoms with Gasteiger partial charge in [-0.25, -0.2) is 0 Å². The maximum atomic E-state index is 12.8. The molecule has 1 aromatic heterocycles. The number of nitrogens with one attached hydrogen (secondary N) is 1. The summed E-state index contributed by atoms with van der Waals surface area (Å²) in [6.45, 7) is 10.4. The highest BCUT2D eigenvalue weighted by molar-refractivity contribution is 5.88. The number of halogens is 3. The number of benzene rings is 3. The van der Waals surface area contributed by atoms with Gasteiger partial charge in [-0.1, -0.05) is 64.4 Å². The fourth-order valence-electron chi connectivity index (χ4n) is 5.89. The van der Waals surface area contributed by atoms with Crippen LogP contribution in [-0.2, 0) is 18.0 Å². The third kappa shape index (κ3) is 6.16. The van der Waals surface area contributed by atoms with Gasteiger partial charge in [0.25, 0.3) is 0 Å². The Labute approximate surface area is 236 Å². The van der Waals surface area contributed by atoms with E-state index in [-0.39, 0.29) is 5.41 Å². The highest BCUT2D eigenvalue weighted by Crippen LogP contribution is 2.41. The number of hydrogen-bond donors (Lipinski definition) is 1. The average Bonchev–Trinajstić information content (AvgIpc) is 3.34. The molecule has 1 heterocycles. The van der Waals surface area contributed by atoms with Gasteiger partial charge >= 0.3 is 6.18 Å². The number of ether oxygens (including phenoxy) is 1. The zero-order chi connectivity index (χ0) is 28.9. The zero-order valence-corrected chi connectivity index (χ0v) is 24.3. The second-order valence-electron chi connectivity index (χ2n) is 10.7. The number of rotatable bonds is 12. The highest BCUT2D eigenvalue weighted by atomic mass is 19.4.